The SMILES string of the molecule is CCCCN(C)C=O.COc1ccc(C2CN(C)CC(c3ccc4c(c3)OCO4)C2C(=O)O)cc1. The van der Waals surface area contributed by atoms with E-state index in [0.717, 1.165) is 42.7 Å². The number of methoxy groups -OCH3 is 1. The summed E-state index contributed by atoms with van der Waals surface area (Å²) >= 11 is 0. The Morgan fingerprint density at radius 1 is 1.11 bits per heavy atom. The van der Waals surface area contributed by atoms with Gasteiger partial charge in [0.05, 0.1) is 13.0 Å². The highest BCUT2D eigenvalue weighted by molar-refractivity contribution is 5.73. The monoisotopic (exact) mass is 484 g/mol. The number of fused-ring (bicyclic) bond motifs is 1. The number of benzene rings is 2. The molecule has 2 aliphatic heterocycles. The zero-order chi connectivity index (χ0) is 25.4. The van der Waals surface area contributed by atoms with Crippen LogP contribution in [0.15, 0.2) is 42.5 Å². The van der Waals surface area contributed by atoms with Crippen molar-refractivity contribution in [1.29, 1.82) is 0 Å². The van der Waals surface area contributed by atoms with Crippen LogP contribution in [0, 0.1) is 5.92 Å². The quantitative estimate of drug-likeness (QED) is 0.570. The van der Waals surface area contributed by atoms with Crippen molar-refractivity contribution in [2.75, 3.05) is 47.6 Å². The molecule has 2 heterocycles. The van der Waals surface area contributed by atoms with Crippen molar-refractivity contribution in [3.63, 3.8) is 0 Å². The highest BCUT2D eigenvalue weighted by Crippen LogP contribution is 2.44. The number of carboxylic acids is 1. The Morgan fingerprint density at radius 2 is 1.74 bits per heavy atom. The van der Waals surface area contributed by atoms with Crippen LogP contribution >= 0.6 is 0 Å². The molecule has 0 spiro atoms. The van der Waals surface area contributed by atoms with Crippen molar-refractivity contribution in [1.82, 2.24) is 9.80 Å². The highest BCUT2D eigenvalue weighted by Gasteiger charge is 2.42. The summed E-state index contributed by atoms with van der Waals surface area (Å²) in [6.45, 7) is 4.59. The summed E-state index contributed by atoms with van der Waals surface area (Å²) in [7, 11) is 5.45. The topological polar surface area (TPSA) is 88.5 Å². The molecule has 8 nitrogen and oxygen atoms in total. The maximum atomic E-state index is 12.3. The molecule has 0 radical (unpaired) electrons. The predicted molar refractivity (Wildman–Crippen MR) is 133 cm³/mol. The average molecular weight is 485 g/mol. The fraction of sp³-hybridized carbons (Fsp3) is 0.481. The lowest BCUT2D eigenvalue weighted by Crippen LogP contribution is -2.45. The molecule has 0 aromatic heterocycles. The predicted octanol–water partition coefficient (Wildman–Crippen LogP) is 3.81. The number of likely N-dealkylation sites (N-methyl/N-ethyl adjacent to an activating group) is 1. The second kappa shape index (κ2) is 12.4. The molecule has 0 saturated carbocycles. The summed E-state index contributed by atoms with van der Waals surface area (Å²) in [4.78, 5) is 26.1. The number of likely N-dealkylation sites (tertiary alicyclic amines) is 1. The van der Waals surface area contributed by atoms with E-state index in [1.54, 1.807) is 19.1 Å². The van der Waals surface area contributed by atoms with Crippen molar-refractivity contribution in [2.45, 2.75) is 31.6 Å². The number of piperidine rings is 1. The van der Waals surface area contributed by atoms with Gasteiger partial charge in [0.15, 0.2) is 11.5 Å². The van der Waals surface area contributed by atoms with Crippen LogP contribution in [0.25, 0.3) is 0 Å². The largest absolute Gasteiger partial charge is 0.497 e. The first-order chi connectivity index (χ1) is 16.9. The summed E-state index contributed by atoms with van der Waals surface area (Å²) in [5.41, 5.74) is 1.98. The Kier molecular flexibility index (Phi) is 9.37. The van der Waals surface area contributed by atoms with Crippen molar-refractivity contribution in [2.24, 2.45) is 5.92 Å². The Bertz CT molecular complexity index is 980. The van der Waals surface area contributed by atoms with E-state index in [9.17, 15) is 14.7 Å². The third-order valence-electron chi connectivity index (χ3n) is 6.58. The van der Waals surface area contributed by atoms with Crippen molar-refractivity contribution in [3.8, 4) is 17.2 Å². The van der Waals surface area contributed by atoms with Crippen LogP contribution in [0.3, 0.4) is 0 Å². The molecule has 1 amide bonds. The van der Waals surface area contributed by atoms with Gasteiger partial charge in [-0.25, -0.2) is 0 Å². The molecule has 1 fully saturated rings. The molecule has 2 aromatic rings. The number of unbranched alkanes of at least 4 members (excludes halogenated alkanes) is 1. The van der Waals surface area contributed by atoms with E-state index < -0.39 is 11.9 Å². The Balaban J connectivity index is 0.000000371. The second-order valence-corrected chi connectivity index (χ2v) is 9.12. The van der Waals surface area contributed by atoms with E-state index in [0.29, 0.717) is 24.6 Å². The maximum absolute atomic E-state index is 12.3. The Hall–Kier alpha value is -3.26. The van der Waals surface area contributed by atoms with E-state index in [4.69, 9.17) is 14.2 Å². The molecule has 1 saturated heterocycles. The van der Waals surface area contributed by atoms with Gasteiger partial charge in [0.2, 0.25) is 13.2 Å². The first-order valence-corrected chi connectivity index (χ1v) is 12.0. The number of amides is 1. The van der Waals surface area contributed by atoms with Gasteiger partial charge in [-0.1, -0.05) is 31.5 Å². The number of rotatable bonds is 8. The van der Waals surface area contributed by atoms with Gasteiger partial charge in [0, 0.05) is 38.5 Å². The third kappa shape index (κ3) is 6.66. The molecule has 8 heteroatoms. The number of carbonyl (C=O) groups excluding carboxylic acids is 1. The fourth-order valence-electron chi connectivity index (χ4n) is 4.68. The lowest BCUT2D eigenvalue weighted by molar-refractivity contribution is -0.145. The fourth-order valence-corrected chi connectivity index (χ4v) is 4.68. The average Bonchev–Trinajstić information content (AvgIpc) is 3.35. The maximum Gasteiger partial charge on any atom is 0.307 e. The van der Waals surface area contributed by atoms with Crippen LogP contribution in [0.2, 0.25) is 0 Å². The van der Waals surface area contributed by atoms with E-state index in [1.165, 1.54) is 0 Å². The number of carboxylic acid groups (broad SMARTS) is 1. The molecule has 2 aliphatic rings. The lowest BCUT2D eigenvalue weighted by Gasteiger charge is -2.41. The summed E-state index contributed by atoms with van der Waals surface area (Å²) in [6, 6.07) is 13.5. The molecule has 1 N–H and O–H groups in total. The van der Waals surface area contributed by atoms with Gasteiger partial charge in [-0.15, -0.1) is 0 Å². The zero-order valence-electron chi connectivity index (χ0n) is 21.0. The Labute approximate surface area is 207 Å². The molecule has 2 aromatic carbocycles. The molecule has 3 unspecified atom stereocenters. The van der Waals surface area contributed by atoms with Crippen LogP contribution in [0.4, 0.5) is 0 Å². The van der Waals surface area contributed by atoms with Crippen LogP contribution in [-0.2, 0) is 9.59 Å². The summed E-state index contributed by atoms with van der Waals surface area (Å²) in [5.74, 6) is 0.626. The molecule has 3 atom stereocenters. The van der Waals surface area contributed by atoms with Crippen LogP contribution in [0.1, 0.15) is 42.7 Å². The first-order valence-electron chi connectivity index (χ1n) is 12.0. The van der Waals surface area contributed by atoms with Gasteiger partial charge < -0.3 is 29.1 Å². The minimum Gasteiger partial charge on any atom is -0.497 e. The van der Waals surface area contributed by atoms with Gasteiger partial charge in [0.1, 0.15) is 5.75 Å². The minimum atomic E-state index is -0.772. The summed E-state index contributed by atoms with van der Waals surface area (Å²) < 4.78 is 16.1. The summed E-state index contributed by atoms with van der Waals surface area (Å²) in [6.07, 6.45) is 3.11. The second-order valence-electron chi connectivity index (χ2n) is 9.12. The zero-order valence-corrected chi connectivity index (χ0v) is 21.0. The molecule has 35 heavy (non-hydrogen) atoms. The molecule has 190 valence electrons. The van der Waals surface area contributed by atoms with Gasteiger partial charge in [-0.3, -0.25) is 9.59 Å². The van der Waals surface area contributed by atoms with Crippen LogP contribution < -0.4 is 14.2 Å². The lowest BCUT2D eigenvalue weighted by atomic mass is 9.72. The number of nitrogens with zero attached hydrogens (tertiary/aromatic N) is 2. The number of carbonyl (C=O) groups is 2. The van der Waals surface area contributed by atoms with Crippen molar-refractivity contribution < 1.29 is 28.9 Å². The van der Waals surface area contributed by atoms with E-state index in [2.05, 4.69) is 11.8 Å². The molecule has 4 rings (SSSR count). The number of hydrogen-bond donors (Lipinski definition) is 1. The molecule has 0 bridgehead atoms. The van der Waals surface area contributed by atoms with Crippen LogP contribution in [-0.4, -0.2) is 74.9 Å². The van der Waals surface area contributed by atoms with Crippen molar-refractivity contribution >= 4 is 12.4 Å². The smallest absolute Gasteiger partial charge is 0.307 e. The van der Waals surface area contributed by atoms with Crippen molar-refractivity contribution in [3.05, 3.63) is 53.6 Å². The van der Waals surface area contributed by atoms with Gasteiger partial charge in [-0.2, -0.15) is 0 Å². The van der Waals surface area contributed by atoms with E-state index in [1.807, 2.05) is 49.5 Å². The first kappa shape index (κ1) is 26.3. The standard InChI is InChI=1S/C21H23NO5.C6H13NO/c1-22-10-16(13-3-6-15(25-2)7-4-13)20(21(23)24)17(11-22)14-5-8-18-19(9-14)27-12-26-18;1-3-4-5-7(2)6-8/h3-9,16-17,20H,10-12H2,1-2H3,(H,23,24);6H,3-5H2,1-2H3. The van der Waals surface area contributed by atoms with Crippen LogP contribution in [0.5, 0.6) is 17.2 Å². The molecular formula is C27H36N2O6. The number of ether oxygens (including phenoxy) is 3. The normalized spacial score (nSPS) is 21.0. The number of hydrogen-bond acceptors (Lipinski definition) is 6. The van der Waals surface area contributed by atoms with Gasteiger partial charge in [0.25, 0.3) is 0 Å². The third-order valence-corrected chi connectivity index (χ3v) is 6.58. The molecule has 0 aliphatic carbocycles. The number of aliphatic carboxylic acids is 1. The molecular weight excluding hydrogens is 448 g/mol. The summed E-state index contributed by atoms with van der Waals surface area (Å²) in [5, 5.41) is 10.1. The van der Waals surface area contributed by atoms with Gasteiger partial charge in [-0.05, 0) is 48.9 Å². The van der Waals surface area contributed by atoms with E-state index >= 15 is 0 Å². The van der Waals surface area contributed by atoms with Gasteiger partial charge >= 0.3 is 5.97 Å². The minimum absolute atomic E-state index is 0.109. The Morgan fingerprint density at radius 3 is 2.34 bits per heavy atom. The highest BCUT2D eigenvalue weighted by atomic mass is 16.7. The van der Waals surface area contributed by atoms with E-state index in [-0.39, 0.29) is 18.6 Å².